The molecule has 0 N–H and O–H groups in total. The number of amides is 1. The van der Waals surface area contributed by atoms with Crippen molar-refractivity contribution in [2.75, 3.05) is 39.8 Å². The minimum Gasteiger partial charge on any atom is -0.306 e. The highest BCUT2D eigenvalue weighted by Gasteiger charge is 2.36. The first kappa shape index (κ1) is 25.1. The fourth-order valence-corrected chi connectivity index (χ4v) is 6.42. The monoisotopic (exact) mass is 494 g/mol. The Morgan fingerprint density at radius 2 is 1.83 bits per heavy atom. The Kier molecular flexibility index (Phi) is 7.26. The number of piperidine rings is 2. The summed E-state index contributed by atoms with van der Waals surface area (Å²) in [7, 11) is 4.02. The van der Waals surface area contributed by atoms with E-state index < -0.39 is 5.91 Å². The number of likely N-dealkylation sites (tertiary alicyclic amines) is 1. The first-order valence-corrected chi connectivity index (χ1v) is 13.6. The van der Waals surface area contributed by atoms with Crippen molar-refractivity contribution in [1.82, 2.24) is 18.9 Å². The van der Waals surface area contributed by atoms with Gasteiger partial charge in [-0.05, 0) is 88.7 Å². The molecule has 2 saturated heterocycles. The van der Waals surface area contributed by atoms with E-state index in [4.69, 9.17) is 0 Å². The van der Waals surface area contributed by atoms with Crippen LogP contribution in [-0.4, -0.2) is 75.4 Å². The molecule has 1 aromatic heterocycles. The van der Waals surface area contributed by atoms with Gasteiger partial charge < -0.3 is 4.90 Å². The van der Waals surface area contributed by atoms with Gasteiger partial charge in [0.2, 0.25) is 6.54 Å². The van der Waals surface area contributed by atoms with Crippen molar-refractivity contribution in [2.45, 2.75) is 57.5 Å². The molecule has 2 unspecified atom stereocenters. The number of aromatic nitrogens is 2. The van der Waals surface area contributed by atoms with E-state index in [-0.39, 0.29) is 24.7 Å². The van der Waals surface area contributed by atoms with Gasteiger partial charge in [-0.25, -0.2) is 9.59 Å². The molecule has 36 heavy (non-hydrogen) atoms. The van der Waals surface area contributed by atoms with Crippen LogP contribution in [0, 0.1) is 16.7 Å². The Bertz CT molecular complexity index is 1220. The highest BCUT2D eigenvalue weighted by molar-refractivity contribution is 5.77. The van der Waals surface area contributed by atoms with E-state index in [1.807, 2.05) is 6.07 Å². The third-order valence-electron chi connectivity index (χ3n) is 8.71. The van der Waals surface area contributed by atoms with Crippen molar-refractivity contribution >= 4 is 16.9 Å². The van der Waals surface area contributed by atoms with Crippen LogP contribution in [0.1, 0.15) is 50.6 Å². The van der Waals surface area contributed by atoms with Crippen molar-refractivity contribution < 1.29 is 9.55 Å². The number of hydrogen-bond acceptors (Lipinski definition) is 5. The van der Waals surface area contributed by atoms with Gasteiger partial charge in [-0.3, -0.25) is 14.0 Å². The van der Waals surface area contributed by atoms with Gasteiger partial charge in [0.25, 0.3) is 0 Å². The molecule has 8 heteroatoms. The van der Waals surface area contributed by atoms with Crippen molar-refractivity contribution in [3.8, 4) is 0 Å². The zero-order chi connectivity index (χ0) is 25.4. The number of nitroso groups, excluding NO2 is 1. The number of benzene rings is 1. The van der Waals surface area contributed by atoms with Crippen LogP contribution in [0.4, 0.5) is 0 Å². The highest BCUT2D eigenvalue weighted by atomic mass is 16.3. The molecule has 0 spiro atoms. The van der Waals surface area contributed by atoms with E-state index in [0.717, 1.165) is 36.3 Å². The average molecular weight is 495 g/mol. The van der Waals surface area contributed by atoms with Gasteiger partial charge in [-0.15, -0.1) is 0 Å². The molecule has 1 aromatic carbocycles. The predicted molar refractivity (Wildman–Crippen MR) is 141 cm³/mol. The molecule has 194 valence electrons. The minimum atomic E-state index is -0.391. The van der Waals surface area contributed by atoms with Gasteiger partial charge in [-0.2, -0.15) is 0 Å². The molecule has 0 saturated carbocycles. The molecular weight excluding hydrogens is 454 g/mol. The Balaban J connectivity index is 1.28. The number of fused-ring (bicyclic) bond motifs is 1. The van der Waals surface area contributed by atoms with Gasteiger partial charge in [0.15, 0.2) is 0 Å². The lowest BCUT2D eigenvalue weighted by Gasteiger charge is -2.35. The van der Waals surface area contributed by atoms with Crippen LogP contribution in [0.25, 0.3) is 11.0 Å². The SMILES string of the molecule is CC1C[C@@H](Cc2ccc3c(c2)n(C)c(=O)n3C2CCC(=O)[N+](=O)C2)C=CCN1CC1CCN(C)CC1. The number of hydrogen-bond donors (Lipinski definition) is 0. The Hall–Kier alpha value is -2.58. The van der Waals surface area contributed by atoms with E-state index >= 15 is 0 Å². The van der Waals surface area contributed by atoms with Gasteiger partial charge >= 0.3 is 11.6 Å². The number of carbonyl (C=O) groups is 1. The molecule has 1 amide bonds. The number of aryl methyl sites for hydroxylation is 1. The van der Waals surface area contributed by atoms with Crippen LogP contribution in [-0.2, 0) is 18.3 Å². The standard InChI is InChI=1S/C28H40N5O3/c1-20-15-22(5-4-12-31(20)18-21-10-13-29(2)14-11-21)16-23-6-8-25-26(17-23)30(3)28(35)33(25)24-7-9-27(34)32(36)19-24/h4-6,8,17,20-22,24H,7,9-16,18-19H2,1-3H3/q+1/t20?,22-,24?/m0/s1. The Labute approximate surface area is 213 Å². The maximum Gasteiger partial charge on any atom is 0.433 e. The van der Waals surface area contributed by atoms with Crippen LogP contribution < -0.4 is 5.69 Å². The van der Waals surface area contributed by atoms with E-state index in [1.165, 1.54) is 38.0 Å². The topological polar surface area (TPSA) is 70.6 Å². The summed E-state index contributed by atoms with van der Waals surface area (Å²) >= 11 is 0. The predicted octanol–water partition coefficient (Wildman–Crippen LogP) is 3.13. The summed E-state index contributed by atoms with van der Waals surface area (Å²) in [5, 5.41) is 0. The summed E-state index contributed by atoms with van der Waals surface area (Å²) in [4.78, 5) is 41.8. The molecule has 0 aliphatic carbocycles. The van der Waals surface area contributed by atoms with Crippen molar-refractivity contribution in [1.29, 1.82) is 0 Å². The molecule has 0 radical (unpaired) electrons. The zero-order valence-electron chi connectivity index (χ0n) is 21.9. The van der Waals surface area contributed by atoms with Crippen LogP contribution in [0.5, 0.6) is 0 Å². The lowest BCUT2D eigenvalue weighted by atomic mass is 9.92. The van der Waals surface area contributed by atoms with Gasteiger partial charge in [0.05, 0.1) is 22.2 Å². The summed E-state index contributed by atoms with van der Waals surface area (Å²) in [6.45, 7) is 7.06. The normalized spacial score (nSPS) is 27.1. The van der Waals surface area contributed by atoms with Crippen LogP contribution in [0.3, 0.4) is 0 Å². The molecule has 2 aromatic rings. The summed E-state index contributed by atoms with van der Waals surface area (Å²) in [6, 6.07) is 6.55. The van der Waals surface area contributed by atoms with Crippen molar-refractivity contribution in [3.63, 3.8) is 0 Å². The van der Waals surface area contributed by atoms with E-state index in [9.17, 15) is 14.5 Å². The lowest BCUT2D eigenvalue weighted by molar-refractivity contribution is -0.482. The van der Waals surface area contributed by atoms with E-state index in [1.54, 1.807) is 16.2 Å². The lowest BCUT2D eigenvalue weighted by Crippen LogP contribution is -2.41. The molecule has 4 heterocycles. The fraction of sp³-hybridized carbons (Fsp3) is 0.643. The molecule has 5 rings (SSSR count). The number of carbonyl (C=O) groups excluding carboxylic acids is 1. The second kappa shape index (κ2) is 10.4. The summed E-state index contributed by atoms with van der Waals surface area (Å²) < 4.78 is 3.90. The van der Waals surface area contributed by atoms with Crippen LogP contribution in [0.2, 0.25) is 0 Å². The van der Waals surface area contributed by atoms with Crippen LogP contribution >= 0.6 is 0 Å². The summed E-state index contributed by atoms with van der Waals surface area (Å²) in [5.74, 6) is 0.882. The van der Waals surface area contributed by atoms with Crippen molar-refractivity contribution in [2.24, 2.45) is 18.9 Å². The fourth-order valence-electron chi connectivity index (χ4n) is 6.42. The van der Waals surface area contributed by atoms with Gasteiger partial charge in [0.1, 0.15) is 6.04 Å². The molecule has 3 atom stereocenters. The number of rotatable bonds is 5. The first-order valence-electron chi connectivity index (χ1n) is 13.6. The minimum absolute atomic E-state index is 0.0401. The van der Waals surface area contributed by atoms with Crippen LogP contribution in [0.15, 0.2) is 35.1 Å². The summed E-state index contributed by atoms with van der Waals surface area (Å²) in [5.41, 5.74) is 2.84. The third kappa shape index (κ3) is 5.11. The molecule has 3 aliphatic rings. The maximum atomic E-state index is 13.1. The second-order valence-corrected chi connectivity index (χ2v) is 11.4. The highest BCUT2D eigenvalue weighted by Crippen LogP contribution is 2.28. The molecule has 3 aliphatic heterocycles. The van der Waals surface area contributed by atoms with Gasteiger partial charge in [-0.1, -0.05) is 18.2 Å². The molecular formula is C28H40N5O3+. The number of allylic oxidation sites excluding steroid dienone is 1. The quantitative estimate of drug-likeness (QED) is 0.472. The van der Waals surface area contributed by atoms with E-state index in [2.05, 4.69) is 48.1 Å². The molecule has 8 nitrogen and oxygen atoms in total. The Morgan fingerprint density at radius 3 is 2.58 bits per heavy atom. The number of nitrogens with zero attached hydrogens (tertiary/aromatic N) is 5. The maximum absolute atomic E-state index is 13.1. The van der Waals surface area contributed by atoms with Gasteiger partial charge in [0, 0.05) is 31.1 Å². The zero-order valence-corrected chi connectivity index (χ0v) is 21.9. The molecule has 2 fully saturated rings. The second-order valence-electron chi connectivity index (χ2n) is 11.4. The largest absolute Gasteiger partial charge is 0.433 e. The first-order chi connectivity index (χ1) is 17.3. The third-order valence-corrected chi connectivity index (χ3v) is 8.71. The average Bonchev–Trinajstić information content (AvgIpc) is 2.98. The van der Waals surface area contributed by atoms with E-state index in [0.29, 0.717) is 23.1 Å². The van der Waals surface area contributed by atoms with Crippen molar-refractivity contribution in [3.05, 3.63) is 51.3 Å². The Morgan fingerprint density at radius 1 is 1.06 bits per heavy atom. The number of imidazole rings is 1. The summed E-state index contributed by atoms with van der Waals surface area (Å²) in [6.07, 6.45) is 10.1. The molecule has 0 bridgehead atoms. The smallest absolute Gasteiger partial charge is 0.306 e.